The minimum Gasteiger partial charge on any atom is -0.456 e. The maximum absolute atomic E-state index is 6.64. The van der Waals surface area contributed by atoms with Crippen LogP contribution in [0.4, 0.5) is 0 Å². The third-order valence-electron chi connectivity index (χ3n) is 9.65. The van der Waals surface area contributed by atoms with Gasteiger partial charge in [0.15, 0.2) is 0 Å². The average Bonchev–Trinajstić information content (AvgIpc) is 3.70. The van der Waals surface area contributed by atoms with Crippen molar-refractivity contribution in [2.45, 2.75) is 38.5 Å². The van der Waals surface area contributed by atoms with Gasteiger partial charge in [0.1, 0.15) is 22.7 Å². The number of rotatable bonds is 2. The van der Waals surface area contributed by atoms with Crippen LogP contribution >= 0.6 is 0 Å². The molecule has 0 bridgehead atoms. The van der Waals surface area contributed by atoms with E-state index in [2.05, 4.69) is 110 Å². The van der Waals surface area contributed by atoms with E-state index >= 15 is 0 Å². The Balaban J connectivity index is 1.23. The zero-order valence-corrected chi connectivity index (χ0v) is 23.9. The summed E-state index contributed by atoms with van der Waals surface area (Å²) in [6, 6.07) is 26.0. The van der Waals surface area contributed by atoms with Gasteiger partial charge in [0.2, 0.25) is 0 Å². The first-order valence-corrected chi connectivity index (χ1v) is 14.5. The molecule has 42 heavy (non-hydrogen) atoms. The van der Waals surface area contributed by atoms with Gasteiger partial charge in [0.05, 0.1) is 0 Å². The Hall–Kier alpha value is -4.96. The molecule has 0 saturated heterocycles. The van der Waals surface area contributed by atoms with Crippen LogP contribution in [0, 0.1) is 0 Å². The highest BCUT2D eigenvalue weighted by Gasteiger charge is 2.46. The van der Waals surface area contributed by atoms with Crippen molar-refractivity contribution >= 4 is 21.9 Å². The largest absolute Gasteiger partial charge is 0.456 e. The second-order valence-electron chi connectivity index (χ2n) is 12.7. The lowest BCUT2D eigenvalue weighted by molar-refractivity contribution is 0.617. The molecule has 0 fully saturated rings. The van der Waals surface area contributed by atoms with E-state index in [1.807, 2.05) is 24.8 Å². The lowest BCUT2D eigenvalue weighted by atomic mass is 9.78. The Labute approximate surface area is 243 Å². The molecule has 0 N–H and O–H groups in total. The van der Waals surface area contributed by atoms with Crippen molar-refractivity contribution in [3.8, 4) is 44.9 Å². The summed E-state index contributed by atoms with van der Waals surface area (Å²) in [6.45, 7) is 9.27. The minimum atomic E-state index is -0.227. The number of benzene rings is 3. The summed E-state index contributed by atoms with van der Waals surface area (Å²) < 4.78 is 13.3. The van der Waals surface area contributed by atoms with Crippen LogP contribution in [0.25, 0.3) is 66.8 Å². The Morgan fingerprint density at radius 3 is 1.29 bits per heavy atom. The molecule has 2 aliphatic carbocycles. The van der Waals surface area contributed by atoms with Gasteiger partial charge in [0, 0.05) is 68.6 Å². The molecule has 0 amide bonds. The standard InChI is InChI=1S/C38H28N2O2/c1-37(2)29-19-26-30(20-25(29)35-33(37)27-17-23(5-7-31(27)41-35)21-9-13-39-14-10-21)38(3,4)34-28-18-24(22-11-15-40-16-12-22)6-8-32(28)42-36(26)34/h5-20H,1-4H3. The smallest absolute Gasteiger partial charge is 0.139 e. The fourth-order valence-corrected chi connectivity index (χ4v) is 7.54. The number of pyridine rings is 2. The SMILES string of the molecule is CC1(C)c2cc3c(cc2-c2oc4ccc(-c5ccncc5)cc4c21)C(C)(C)c1c-3oc2ccc(-c3ccncc3)cc12. The predicted octanol–water partition coefficient (Wildman–Crippen LogP) is 9.92. The topological polar surface area (TPSA) is 52.1 Å². The number of hydrogen-bond acceptors (Lipinski definition) is 4. The zero-order chi connectivity index (χ0) is 28.4. The molecule has 0 unspecified atom stereocenters. The normalized spacial score (nSPS) is 15.5. The quantitative estimate of drug-likeness (QED) is 0.217. The summed E-state index contributed by atoms with van der Waals surface area (Å²) in [7, 11) is 0. The van der Waals surface area contributed by atoms with Gasteiger partial charge in [-0.25, -0.2) is 0 Å². The van der Waals surface area contributed by atoms with Gasteiger partial charge in [-0.15, -0.1) is 0 Å². The van der Waals surface area contributed by atoms with Gasteiger partial charge < -0.3 is 8.83 Å². The minimum absolute atomic E-state index is 0.227. The van der Waals surface area contributed by atoms with Crippen LogP contribution in [-0.4, -0.2) is 9.97 Å². The number of hydrogen-bond donors (Lipinski definition) is 0. The zero-order valence-electron chi connectivity index (χ0n) is 23.9. The highest BCUT2D eigenvalue weighted by atomic mass is 16.3. The molecule has 0 saturated carbocycles. The third kappa shape index (κ3) is 2.96. The van der Waals surface area contributed by atoms with Crippen molar-refractivity contribution in [2.24, 2.45) is 0 Å². The summed E-state index contributed by atoms with van der Waals surface area (Å²) in [5.74, 6) is 1.98. The third-order valence-corrected chi connectivity index (χ3v) is 9.65. The maximum Gasteiger partial charge on any atom is 0.139 e. The summed E-state index contributed by atoms with van der Waals surface area (Å²) in [4.78, 5) is 8.38. The molecule has 3 aromatic carbocycles. The average molecular weight is 545 g/mol. The lowest BCUT2D eigenvalue weighted by Crippen LogP contribution is -2.17. The van der Waals surface area contributed by atoms with Gasteiger partial charge in [-0.1, -0.05) is 39.8 Å². The Morgan fingerprint density at radius 1 is 0.476 bits per heavy atom. The highest BCUT2D eigenvalue weighted by molar-refractivity contribution is 6.00. The van der Waals surface area contributed by atoms with E-state index in [4.69, 9.17) is 8.83 Å². The van der Waals surface area contributed by atoms with Crippen LogP contribution in [0.3, 0.4) is 0 Å². The fraction of sp³-hybridized carbons (Fsp3) is 0.158. The molecule has 0 radical (unpaired) electrons. The summed E-state index contributed by atoms with van der Waals surface area (Å²) in [5.41, 5.74) is 13.5. The first-order chi connectivity index (χ1) is 20.3. The van der Waals surface area contributed by atoms with Crippen LogP contribution in [0.15, 0.2) is 106 Å². The van der Waals surface area contributed by atoms with Gasteiger partial charge in [-0.05, 0) is 94.0 Å². The van der Waals surface area contributed by atoms with Crippen molar-refractivity contribution in [3.63, 3.8) is 0 Å². The summed E-state index contributed by atoms with van der Waals surface area (Å²) in [6.07, 6.45) is 7.37. The van der Waals surface area contributed by atoms with Crippen LogP contribution in [0.5, 0.6) is 0 Å². The molecule has 4 aromatic heterocycles. The maximum atomic E-state index is 6.64. The molecule has 9 rings (SSSR count). The second-order valence-corrected chi connectivity index (χ2v) is 12.7. The van der Waals surface area contributed by atoms with Gasteiger partial charge in [-0.2, -0.15) is 0 Å². The van der Waals surface area contributed by atoms with E-state index in [0.717, 1.165) is 33.8 Å². The summed E-state index contributed by atoms with van der Waals surface area (Å²) in [5, 5.41) is 2.35. The molecule has 0 spiro atoms. The van der Waals surface area contributed by atoms with Crippen LogP contribution in [0.2, 0.25) is 0 Å². The van der Waals surface area contributed by atoms with Crippen molar-refractivity contribution < 1.29 is 8.83 Å². The van der Waals surface area contributed by atoms with E-state index in [9.17, 15) is 0 Å². The van der Waals surface area contributed by atoms with E-state index in [0.29, 0.717) is 0 Å². The number of nitrogens with zero attached hydrogens (tertiary/aromatic N) is 2. The summed E-state index contributed by atoms with van der Waals surface area (Å²) >= 11 is 0. The Morgan fingerprint density at radius 2 is 0.881 bits per heavy atom. The number of fused-ring (bicyclic) bond motifs is 10. The molecule has 4 heteroatoms. The van der Waals surface area contributed by atoms with Gasteiger partial charge >= 0.3 is 0 Å². The van der Waals surface area contributed by atoms with Crippen LogP contribution < -0.4 is 0 Å². The monoisotopic (exact) mass is 544 g/mol. The molecular formula is C38H28N2O2. The predicted molar refractivity (Wildman–Crippen MR) is 168 cm³/mol. The fourth-order valence-electron chi connectivity index (χ4n) is 7.54. The molecule has 4 heterocycles. The molecule has 0 aliphatic heterocycles. The Kier molecular flexibility index (Phi) is 4.44. The van der Waals surface area contributed by atoms with Gasteiger partial charge in [-0.3, -0.25) is 9.97 Å². The molecule has 202 valence electrons. The highest BCUT2D eigenvalue weighted by Crippen LogP contribution is 2.59. The van der Waals surface area contributed by atoms with Crippen molar-refractivity contribution in [2.75, 3.05) is 0 Å². The Bertz CT molecular complexity index is 2070. The van der Waals surface area contributed by atoms with Crippen molar-refractivity contribution in [1.82, 2.24) is 9.97 Å². The van der Waals surface area contributed by atoms with Gasteiger partial charge in [0.25, 0.3) is 0 Å². The van der Waals surface area contributed by atoms with Crippen molar-refractivity contribution in [3.05, 3.63) is 120 Å². The number of furan rings is 2. The molecule has 0 atom stereocenters. The number of aromatic nitrogens is 2. The molecule has 7 aromatic rings. The van der Waals surface area contributed by atoms with Crippen molar-refractivity contribution in [1.29, 1.82) is 0 Å². The first kappa shape index (κ1) is 23.7. The van der Waals surface area contributed by atoms with E-state index in [-0.39, 0.29) is 10.8 Å². The molecular weight excluding hydrogens is 516 g/mol. The van der Waals surface area contributed by atoms with E-state index in [1.165, 1.54) is 55.3 Å². The molecule has 2 aliphatic rings. The van der Waals surface area contributed by atoms with E-state index in [1.54, 1.807) is 0 Å². The molecule has 4 nitrogen and oxygen atoms in total. The van der Waals surface area contributed by atoms with E-state index < -0.39 is 0 Å². The first-order valence-electron chi connectivity index (χ1n) is 14.5. The van der Waals surface area contributed by atoms with Crippen LogP contribution in [0.1, 0.15) is 49.9 Å². The second kappa shape index (κ2) is 7.86. The van der Waals surface area contributed by atoms with Crippen LogP contribution in [-0.2, 0) is 10.8 Å². The lowest BCUT2D eigenvalue weighted by Gasteiger charge is -2.24.